The Hall–Kier alpha value is -0.810. The van der Waals surface area contributed by atoms with Crippen molar-refractivity contribution in [2.24, 2.45) is 16.6 Å². The molecule has 3 N–H and O–H groups in total. The number of hydrogen-bond acceptors (Lipinski definition) is 3. The summed E-state index contributed by atoms with van der Waals surface area (Å²) in [7, 11) is 0. The van der Waals surface area contributed by atoms with E-state index in [0.717, 1.165) is 0 Å². The fourth-order valence-electron chi connectivity index (χ4n) is 3.53. The van der Waals surface area contributed by atoms with Crippen LogP contribution in [0.15, 0.2) is 0 Å². The summed E-state index contributed by atoms with van der Waals surface area (Å²) in [6.45, 7) is 11.1. The number of carbonyl (C=O) groups is 1. The number of nitrogens with two attached hydrogens (primary N) is 1. The summed E-state index contributed by atoms with van der Waals surface area (Å²) in [5.74, 6) is 0. The minimum Gasteiger partial charge on any atom is -0.378 e. The van der Waals surface area contributed by atoms with Gasteiger partial charge in [0.15, 0.2) is 0 Å². The molecule has 0 radical (unpaired) electrons. The largest absolute Gasteiger partial charge is 0.378 e. The number of ether oxygens (including phenoxy) is 1. The Morgan fingerprint density at radius 2 is 1.72 bits per heavy atom. The first-order chi connectivity index (χ1) is 8.28. The number of morpholine rings is 1. The number of nitrogens with one attached hydrogen (secondary N) is 1. The van der Waals surface area contributed by atoms with Gasteiger partial charge in [0.1, 0.15) is 0 Å². The van der Waals surface area contributed by atoms with Gasteiger partial charge in [0.2, 0.25) is 0 Å². The molecule has 104 valence electrons. The molecule has 0 bridgehead atoms. The van der Waals surface area contributed by atoms with Crippen LogP contribution in [0.5, 0.6) is 0 Å². The molecule has 5 nitrogen and oxygen atoms in total. The molecule has 5 heteroatoms. The number of rotatable bonds is 1. The van der Waals surface area contributed by atoms with Crippen LogP contribution in [0.4, 0.5) is 4.79 Å². The minimum atomic E-state index is -0.0502. The fraction of sp³-hybridized carbons (Fsp3) is 0.923. The lowest BCUT2D eigenvalue weighted by Crippen LogP contribution is -2.76. The molecule has 1 aliphatic heterocycles. The van der Waals surface area contributed by atoms with Gasteiger partial charge in [0.25, 0.3) is 0 Å². The van der Waals surface area contributed by atoms with Crippen molar-refractivity contribution >= 4 is 6.03 Å². The highest BCUT2D eigenvalue weighted by Gasteiger charge is 2.60. The fourth-order valence-corrected chi connectivity index (χ4v) is 3.53. The van der Waals surface area contributed by atoms with Crippen molar-refractivity contribution in [1.82, 2.24) is 10.2 Å². The summed E-state index contributed by atoms with van der Waals surface area (Å²) in [6.07, 6.45) is 0. The smallest absolute Gasteiger partial charge is 0.317 e. The second kappa shape index (κ2) is 4.38. The van der Waals surface area contributed by atoms with E-state index in [9.17, 15) is 4.79 Å². The van der Waals surface area contributed by atoms with Crippen LogP contribution >= 0.6 is 0 Å². The van der Waals surface area contributed by atoms with Gasteiger partial charge in [-0.15, -0.1) is 0 Å². The monoisotopic (exact) mass is 255 g/mol. The molecular weight excluding hydrogens is 230 g/mol. The summed E-state index contributed by atoms with van der Waals surface area (Å²) < 4.78 is 5.25. The molecule has 0 spiro atoms. The maximum Gasteiger partial charge on any atom is 0.317 e. The molecule has 0 aromatic rings. The van der Waals surface area contributed by atoms with E-state index in [2.05, 4.69) is 33.0 Å². The van der Waals surface area contributed by atoms with Crippen LogP contribution in [0.25, 0.3) is 0 Å². The molecule has 2 rings (SSSR count). The Balaban J connectivity index is 1.98. The van der Waals surface area contributed by atoms with Gasteiger partial charge >= 0.3 is 6.03 Å². The van der Waals surface area contributed by atoms with Crippen molar-refractivity contribution in [3.8, 4) is 0 Å². The van der Waals surface area contributed by atoms with Crippen LogP contribution in [0.2, 0.25) is 0 Å². The van der Waals surface area contributed by atoms with E-state index in [0.29, 0.717) is 26.3 Å². The quantitative estimate of drug-likeness (QED) is 0.728. The predicted octanol–water partition coefficient (Wildman–Crippen LogP) is 0.790. The summed E-state index contributed by atoms with van der Waals surface area (Å²) in [4.78, 5) is 14.0. The third kappa shape index (κ3) is 1.99. The van der Waals surface area contributed by atoms with Crippen molar-refractivity contribution in [3.63, 3.8) is 0 Å². The Bertz CT molecular complexity index is 319. The van der Waals surface area contributed by atoms with Gasteiger partial charge in [-0.1, -0.05) is 27.7 Å². The summed E-state index contributed by atoms with van der Waals surface area (Å²) in [6, 6.07) is 0.242. The van der Waals surface area contributed by atoms with E-state index in [4.69, 9.17) is 10.5 Å². The molecule has 18 heavy (non-hydrogen) atoms. The number of urea groups is 1. The van der Waals surface area contributed by atoms with E-state index in [1.54, 1.807) is 0 Å². The number of hydrogen-bond donors (Lipinski definition) is 2. The molecule has 2 amide bonds. The van der Waals surface area contributed by atoms with Gasteiger partial charge < -0.3 is 20.7 Å². The zero-order valence-corrected chi connectivity index (χ0v) is 11.8. The van der Waals surface area contributed by atoms with E-state index in [-0.39, 0.29) is 28.9 Å². The van der Waals surface area contributed by atoms with Gasteiger partial charge in [-0.2, -0.15) is 0 Å². The molecule has 1 heterocycles. The molecule has 2 fully saturated rings. The highest BCUT2D eigenvalue weighted by Crippen LogP contribution is 2.52. The van der Waals surface area contributed by atoms with Gasteiger partial charge in [0.05, 0.1) is 13.2 Å². The average Bonchev–Trinajstić information content (AvgIpc) is 2.35. The lowest BCUT2D eigenvalue weighted by Gasteiger charge is -2.63. The summed E-state index contributed by atoms with van der Waals surface area (Å²) >= 11 is 0. The van der Waals surface area contributed by atoms with Crippen LogP contribution in [0.3, 0.4) is 0 Å². The second-order valence-electron chi connectivity index (χ2n) is 6.60. The maximum absolute atomic E-state index is 12.2. The van der Waals surface area contributed by atoms with Crippen molar-refractivity contribution < 1.29 is 9.53 Å². The number of nitrogens with zero attached hydrogens (tertiary/aromatic N) is 1. The molecular formula is C13H25N3O2. The van der Waals surface area contributed by atoms with Crippen LogP contribution in [-0.2, 0) is 4.74 Å². The zero-order chi connectivity index (χ0) is 13.6. The van der Waals surface area contributed by atoms with E-state index in [1.807, 2.05) is 4.90 Å². The van der Waals surface area contributed by atoms with Crippen LogP contribution in [0, 0.1) is 10.8 Å². The number of carbonyl (C=O) groups excluding carboxylic acids is 1. The highest BCUT2D eigenvalue weighted by molar-refractivity contribution is 5.75. The first-order valence-electron chi connectivity index (χ1n) is 6.66. The third-order valence-electron chi connectivity index (χ3n) is 4.66. The van der Waals surface area contributed by atoms with Crippen molar-refractivity contribution in [2.45, 2.75) is 39.8 Å². The molecule has 0 aromatic carbocycles. The Morgan fingerprint density at radius 1 is 1.22 bits per heavy atom. The first kappa shape index (κ1) is 13.6. The minimum absolute atomic E-state index is 0.0105. The van der Waals surface area contributed by atoms with Crippen LogP contribution in [-0.4, -0.2) is 49.3 Å². The molecule has 1 saturated heterocycles. The predicted molar refractivity (Wildman–Crippen MR) is 70.2 cm³/mol. The zero-order valence-electron chi connectivity index (χ0n) is 11.8. The molecule has 1 aliphatic carbocycles. The Labute approximate surface area is 109 Å². The average molecular weight is 255 g/mol. The number of amides is 2. The second-order valence-corrected chi connectivity index (χ2v) is 6.60. The van der Waals surface area contributed by atoms with Gasteiger partial charge in [-0.05, 0) is 0 Å². The van der Waals surface area contributed by atoms with E-state index >= 15 is 0 Å². The highest BCUT2D eigenvalue weighted by atomic mass is 16.5. The van der Waals surface area contributed by atoms with E-state index < -0.39 is 0 Å². The Morgan fingerprint density at radius 3 is 2.22 bits per heavy atom. The molecule has 0 atom stereocenters. The van der Waals surface area contributed by atoms with Gasteiger partial charge in [0, 0.05) is 36.0 Å². The van der Waals surface area contributed by atoms with Crippen molar-refractivity contribution in [2.75, 3.05) is 26.3 Å². The van der Waals surface area contributed by atoms with Crippen molar-refractivity contribution in [3.05, 3.63) is 0 Å². The third-order valence-corrected chi connectivity index (χ3v) is 4.66. The maximum atomic E-state index is 12.2. The first-order valence-corrected chi connectivity index (χ1v) is 6.66. The lowest BCUT2D eigenvalue weighted by molar-refractivity contribution is -0.0675. The van der Waals surface area contributed by atoms with Gasteiger partial charge in [-0.3, -0.25) is 0 Å². The normalized spacial score (nSPS) is 33.7. The molecule has 0 unspecified atom stereocenters. The SMILES string of the molecule is CC1(C)C(N)C(C)(C)C1NC(=O)N1CCOCC1. The van der Waals surface area contributed by atoms with Crippen LogP contribution < -0.4 is 11.1 Å². The van der Waals surface area contributed by atoms with E-state index in [1.165, 1.54) is 0 Å². The lowest BCUT2D eigenvalue weighted by atomic mass is 9.48. The van der Waals surface area contributed by atoms with Gasteiger partial charge in [-0.25, -0.2) is 4.79 Å². The topological polar surface area (TPSA) is 67.6 Å². The summed E-state index contributed by atoms with van der Waals surface area (Å²) in [5, 5.41) is 3.15. The standard InChI is InChI=1S/C13H25N3O2/c1-12(2)9(14)13(3,4)10(12)15-11(17)16-5-7-18-8-6-16/h9-10H,5-8,14H2,1-4H3,(H,15,17). The van der Waals surface area contributed by atoms with Crippen LogP contribution in [0.1, 0.15) is 27.7 Å². The Kier molecular flexibility index (Phi) is 3.32. The summed E-state index contributed by atoms with van der Waals surface area (Å²) in [5.41, 5.74) is 6.09. The molecule has 0 aromatic heterocycles. The van der Waals surface area contributed by atoms with Crippen molar-refractivity contribution in [1.29, 1.82) is 0 Å². The molecule has 1 saturated carbocycles. The molecule has 2 aliphatic rings.